The molecule has 0 aromatic carbocycles. The van der Waals surface area contributed by atoms with E-state index >= 15 is 0 Å². The molecule has 0 bridgehead atoms. The van der Waals surface area contributed by atoms with Crippen LogP contribution in [0.15, 0.2) is 0 Å². The Kier molecular flexibility index (Phi) is 6.00. The minimum absolute atomic E-state index is 0.442. The maximum atomic E-state index is 12.2. The molecule has 7 heteroatoms. The first kappa shape index (κ1) is 15.8. The van der Waals surface area contributed by atoms with Crippen molar-refractivity contribution in [2.24, 2.45) is 11.7 Å². The molecule has 0 aromatic heterocycles. The maximum Gasteiger partial charge on any atom is 0.281 e. The van der Waals surface area contributed by atoms with E-state index in [1.54, 1.807) is 14.1 Å². The monoisotopic (exact) mass is 278 g/mol. The van der Waals surface area contributed by atoms with E-state index in [4.69, 9.17) is 5.73 Å². The van der Waals surface area contributed by atoms with Gasteiger partial charge in [0.15, 0.2) is 0 Å². The van der Waals surface area contributed by atoms with Crippen molar-refractivity contribution >= 4 is 10.2 Å². The molecule has 0 spiro atoms. The molecule has 1 rings (SSSR count). The predicted molar refractivity (Wildman–Crippen MR) is 73.5 cm³/mol. The highest BCUT2D eigenvalue weighted by Gasteiger charge is 2.28. The van der Waals surface area contributed by atoms with Crippen molar-refractivity contribution < 1.29 is 8.42 Å². The largest absolute Gasteiger partial charge is 0.330 e. The minimum atomic E-state index is -3.32. The average molecular weight is 278 g/mol. The van der Waals surface area contributed by atoms with Gasteiger partial charge in [-0.25, -0.2) is 0 Å². The standard InChI is InChI=1S/C11H26N4O2S/c1-13-8-5-11(9-13)10-15(3)18(16,17)14(2)7-4-6-12/h11H,4-10,12H2,1-3H3. The maximum absolute atomic E-state index is 12.2. The van der Waals surface area contributed by atoms with Gasteiger partial charge < -0.3 is 10.6 Å². The molecule has 108 valence electrons. The summed E-state index contributed by atoms with van der Waals surface area (Å²) >= 11 is 0. The summed E-state index contributed by atoms with van der Waals surface area (Å²) in [5.74, 6) is 0.442. The Bertz CT molecular complexity index is 347. The molecule has 2 N–H and O–H groups in total. The molecule has 1 saturated heterocycles. The molecule has 1 aliphatic rings. The highest BCUT2D eigenvalue weighted by molar-refractivity contribution is 7.86. The molecule has 0 aromatic rings. The molecule has 1 atom stereocenters. The van der Waals surface area contributed by atoms with E-state index in [0.717, 1.165) is 19.5 Å². The second-order valence-electron chi connectivity index (χ2n) is 5.17. The van der Waals surface area contributed by atoms with Crippen LogP contribution in [0.2, 0.25) is 0 Å². The van der Waals surface area contributed by atoms with E-state index in [1.807, 2.05) is 0 Å². The number of nitrogens with two attached hydrogens (primary N) is 1. The van der Waals surface area contributed by atoms with Crippen LogP contribution in [-0.2, 0) is 10.2 Å². The van der Waals surface area contributed by atoms with Crippen molar-refractivity contribution in [2.75, 3.05) is 53.9 Å². The third-order valence-corrected chi connectivity index (χ3v) is 5.38. The fraction of sp³-hybridized carbons (Fsp3) is 1.00. The highest BCUT2D eigenvalue weighted by atomic mass is 32.2. The van der Waals surface area contributed by atoms with Crippen LogP contribution in [0.3, 0.4) is 0 Å². The summed E-state index contributed by atoms with van der Waals surface area (Å²) in [6.07, 6.45) is 1.76. The van der Waals surface area contributed by atoms with Gasteiger partial charge in [-0.1, -0.05) is 0 Å². The van der Waals surface area contributed by atoms with Crippen molar-refractivity contribution in [2.45, 2.75) is 12.8 Å². The van der Waals surface area contributed by atoms with Gasteiger partial charge in [0.2, 0.25) is 0 Å². The second kappa shape index (κ2) is 6.81. The lowest BCUT2D eigenvalue weighted by molar-refractivity contribution is 0.336. The van der Waals surface area contributed by atoms with E-state index in [0.29, 0.717) is 32.0 Å². The minimum Gasteiger partial charge on any atom is -0.330 e. The third-order valence-electron chi connectivity index (χ3n) is 3.47. The third kappa shape index (κ3) is 4.17. The number of hydrogen-bond donors (Lipinski definition) is 1. The van der Waals surface area contributed by atoms with Crippen molar-refractivity contribution in [3.63, 3.8) is 0 Å². The normalized spacial score (nSPS) is 22.2. The van der Waals surface area contributed by atoms with E-state index < -0.39 is 10.2 Å². The van der Waals surface area contributed by atoms with Gasteiger partial charge in [-0.05, 0) is 38.9 Å². The molecule has 1 heterocycles. The van der Waals surface area contributed by atoms with Crippen LogP contribution in [0.4, 0.5) is 0 Å². The summed E-state index contributed by atoms with van der Waals surface area (Å²) in [5, 5.41) is 0. The van der Waals surface area contributed by atoms with Crippen LogP contribution < -0.4 is 5.73 Å². The first-order valence-corrected chi connectivity index (χ1v) is 7.83. The molecule has 0 saturated carbocycles. The Morgan fingerprint density at radius 2 is 2.00 bits per heavy atom. The summed E-state index contributed by atoms with van der Waals surface area (Å²) < 4.78 is 27.3. The van der Waals surface area contributed by atoms with Crippen LogP contribution in [0.25, 0.3) is 0 Å². The topological polar surface area (TPSA) is 69.9 Å². The van der Waals surface area contributed by atoms with Crippen molar-refractivity contribution in [3.05, 3.63) is 0 Å². The Balaban J connectivity index is 2.50. The van der Waals surface area contributed by atoms with Gasteiger partial charge in [-0.15, -0.1) is 0 Å². The molecule has 18 heavy (non-hydrogen) atoms. The van der Waals surface area contributed by atoms with Gasteiger partial charge in [-0.3, -0.25) is 0 Å². The van der Waals surface area contributed by atoms with Gasteiger partial charge in [0, 0.05) is 33.7 Å². The Morgan fingerprint density at radius 3 is 2.50 bits per heavy atom. The van der Waals surface area contributed by atoms with E-state index in [-0.39, 0.29) is 0 Å². The Morgan fingerprint density at radius 1 is 1.33 bits per heavy atom. The van der Waals surface area contributed by atoms with Crippen LogP contribution in [0.1, 0.15) is 12.8 Å². The van der Waals surface area contributed by atoms with E-state index in [2.05, 4.69) is 11.9 Å². The van der Waals surface area contributed by atoms with Gasteiger partial charge in [-0.2, -0.15) is 17.0 Å². The van der Waals surface area contributed by atoms with Crippen molar-refractivity contribution in [3.8, 4) is 0 Å². The average Bonchev–Trinajstić information content (AvgIpc) is 2.71. The molecule has 1 unspecified atom stereocenters. The summed E-state index contributed by atoms with van der Waals surface area (Å²) in [6.45, 7) is 3.62. The molecule has 1 fully saturated rings. The fourth-order valence-corrected chi connectivity index (χ4v) is 3.54. The fourth-order valence-electron chi connectivity index (χ4n) is 2.30. The van der Waals surface area contributed by atoms with Crippen LogP contribution in [0, 0.1) is 5.92 Å². The number of nitrogens with zero attached hydrogens (tertiary/aromatic N) is 3. The zero-order valence-corrected chi connectivity index (χ0v) is 12.5. The molecular formula is C11H26N4O2S. The molecule has 0 amide bonds. The summed E-state index contributed by atoms with van der Waals surface area (Å²) in [7, 11) is 2.02. The highest BCUT2D eigenvalue weighted by Crippen LogP contribution is 2.17. The lowest BCUT2D eigenvalue weighted by Crippen LogP contribution is -2.42. The lowest BCUT2D eigenvalue weighted by atomic mass is 10.1. The van der Waals surface area contributed by atoms with Gasteiger partial charge >= 0.3 is 0 Å². The molecular weight excluding hydrogens is 252 g/mol. The quantitative estimate of drug-likeness (QED) is 0.675. The predicted octanol–water partition coefficient (Wildman–Crippen LogP) is -0.605. The smallest absolute Gasteiger partial charge is 0.281 e. The molecule has 6 nitrogen and oxygen atoms in total. The Labute approximate surface area is 111 Å². The van der Waals surface area contributed by atoms with Gasteiger partial charge in [0.1, 0.15) is 0 Å². The van der Waals surface area contributed by atoms with Crippen LogP contribution >= 0.6 is 0 Å². The molecule has 0 aliphatic carbocycles. The number of hydrogen-bond acceptors (Lipinski definition) is 4. The Hall–Kier alpha value is -0.210. The van der Waals surface area contributed by atoms with Crippen LogP contribution in [0.5, 0.6) is 0 Å². The summed E-state index contributed by atoms with van der Waals surface area (Å²) in [5.41, 5.74) is 5.40. The first-order valence-electron chi connectivity index (χ1n) is 6.44. The van der Waals surface area contributed by atoms with Crippen molar-refractivity contribution in [1.82, 2.24) is 13.5 Å². The number of likely N-dealkylation sites (tertiary alicyclic amines) is 1. The van der Waals surface area contributed by atoms with E-state index in [1.165, 1.54) is 8.61 Å². The van der Waals surface area contributed by atoms with Gasteiger partial charge in [0.05, 0.1) is 0 Å². The first-order chi connectivity index (χ1) is 8.37. The zero-order chi connectivity index (χ0) is 13.8. The van der Waals surface area contributed by atoms with Crippen molar-refractivity contribution in [1.29, 1.82) is 0 Å². The molecule has 0 radical (unpaired) electrons. The summed E-state index contributed by atoms with van der Waals surface area (Å²) in [6, 6.07) is 0. The second-order valence-corrected chi connectivity index (χ2v) is 7.31. The molecule has 1 aliphatic heterocycles. The van der Waals surface area contributed by atoms with E-state index in [9.17, 15) is 8.42 Å². The SMILES string of the molecule is CN1CCC(CN(C)S(=O)(=O)N(C)CCCN)C1. The zero-order valence-electron chi connectivity index (χ0n) is 11.7. The van der Waals surface area contributed by atoms with Gasteiger partial charge in [0.25, 0.3) is 10.2 Å². The van der Waals surface area contributed by atoms with Crippen LogP contribution in [-0.4, -0.2) is 75.8 Å². The summed E-state index contributed by atoms with van der Waals surface area (Å²) in [4.78, 5) is 2.24. The number of rotatable bonds is 7. The lowest BCUT2D eigenvalue weighted by Gasteiger charge is -2.26.